The van der Waals surface area contributed by atoms with E-state index in [-0.39, 0.29) is 11.9 Å². The van der Waals surface area contributed by atoms with Crippen LogP contribution in [0.4, 0.5) is 5.82 Å². The van der Waals surface area contributed by atoms with Crippen molar-refractivity contribution in [1.29, 1.82) is 0 Å². The van der Waals surface area contributed by atoms with E-state index in [4.69, 9.17) is 0 Å². The maximum absolute atomic E-state index is 12.2. The number of thioether (sulfide) groups is 1. The summed E-state index contributed by atoms with van der Waals surface area (Å²) in [7, 11) is 3.63. The zero-order valence-corrected chi connectivity index (χ0v) is 12.3. The van der Waals surface area contributed by atoms with Crippen LogP contribution in [0.2, 0.25) is 0 Å². The largest absolute Gasteiger partial charge is 0.373 e. The summed E-state index contributed by atoms with van der Waals surface area (Å²) in [6, 6.07) is 5.66. The Bertz CT molecular complexity index is 398. The van der Waals surface area contributed by atoms with Crippen LogP contribution in [0.3, 0.4) is 0 Å². The Balaban J connectivity index is 2.72. The number of carbonyl (C=O) groups is 1. The molecule has 1 amide bonds. The van der Waals surface area contributed by atoms with Crippen LogP contribution in [-0.2, 0) is 0 Å². The van der Waals surface area contributed by atoms with Gasteiger partial charge in [-0.25, -0.2) is 4.98 Å². The highest BCUT2D eigenvalue weighted by Gasteiger charge is 2.18. The van der Waals surface area contributed by atoms with Crippen molar-refractivity contribution >= 4 is 23.5 Å². The van der Waals surface area contributed by atoms with Crippen LogP contribution in [0, 0.1) is 0 Å². The summed E-state index contributed by atoms with van der Waals surface area (Å²) in [4.78, 5) is 18.3. The maximum atomic E-state index is 12.2. The topological polar surface area (TPSA) is 45.2 Å². The molecule has 4 nitrogen and oxygen atoms in total. The molecule has 0 aliphatic rings. The van der Waals surface area contributed by atoms with Gasteiger partial charge in [0.25, 0.3) is 5.91 Å². The Morgan fingerprint density at radius 2 is 2.28 bits per heavy atom. The molecule has 0 aromatic carbocycles. The second-order valence-corrected chi connectivity index (χ2v) is 5.19. The Labute approximate surface area is 113 Å². The van der Waals surface area contributed by atoms with Crippen LogP contribution in [0.1, 0.15) is 23.8 Å². The number of hydrogen-bond donors (Lipinski definition) is 1. The highest BCUT2D eigenvalue weighted by atomic mass is 32.2. The van der Waals surface area contributed by atoms with E-state index in [0.29, 0.717) is 11.5 Å². The van der Waals surface area contributed by atoms with E-state index in [0.717, 1.165) is 12.2 Å². The number of amides is 1. The molecule has 100 valence electrons. The lowest BCUT2D eigenvalue weighted by atomic mass is 10.2. The maximum Gasteiger partial charge on any atom is 0.272 e. The van der Waals surface area contributed by atoms with E-state index >= 15 is 0 Å². The van der Waals surface area contributed by atoms with Crippen LogP contribution in [0.25, 0.3) is 0 Å². The zero-order valence-electron chi connectivity index (χ0n) is 11.4. The number of aromatic nitrogens is 1. The minimum atomic E-state index is -0.0271. The molecule has 1 rings (SSSR count). The molecule has 1 atom stereocenters. The van der Waals surface area contributed by atoms with Crippen molar-refractivity contribution in [3.63, 3.8) is 0 Å². The highest BCUT2D eigenvalue weighted by Crippen LogP contribution is 2.11. The van der Waals surface area contributed by atoms with Gasteiger partial charge in [-0.3, -0.25) is 4.79 Å². The third-order valence-electron chi connectivity index (χ3n) is 2.95. The van der Waals surface area contributed by atoms with Gasteiger partial charge in [-0.15, -0.1) is 0 Å². The summed E-state index contributed by atoms with van der Waals surface area (Å²) in [6.45, 7) is 2.07. The minimum absolute atomic E-state index is 0.0271. The molecule has 1 unspecified atom stereocenters. The summed E-state index contributed by atoms with van der Waals surface area (Å²) in [6.07, 6.45) is 3.07. The lowest BCUT2D eigenvalue weighted by molar-refractivity contribution is 0.0735. The number of anilines is 1. The average Bonchev–Trinajstić information content (AvgIpc) is 2.43. The smallest absolute Gasteiger partial charge is 0.272 e. The van der Waals surface area contributed by atoms with Gasteiger partial charge in [0.15, 0.2) is 0 Å². The molecule has 1 N–H and O–H groups in total. The lowest BCUT2D eigenvalue weighted by Crippen LogP contribution is -2.36. The van der Waals surface area contributed by atoms with Crippen LogP contribution < -0.4 is 5.32 Å². The molecule has 0 radical (unpaired) electrons. The third kappa shape index (κ3) is 3.91. The first-order chi connectivity index (χ1) is 8.60. The van der Waals surface area contributed by atoms with Gasteiger partial charge in [0.05, 0.1) is 0 Å². The van der Waals surface area contributed by atoms with Crippen molar-refractivity contribution in [2.24, 2.45) is 0 Å². The minimum Gasteiger partial charge on any atom is -0.373 e. The first kappa shape index (κ1) is 14.8. The monoisotopic (exact) mass is 267 g/mol. The molecule has 5 heteroatoms. The average molecular weight is 267 g/mol. The zero-order chi connectivity index (χ0) is 13.5. The summed E-state index contributed by atoms with van der Waals surface area (Å²) in [5.41, 5.74) is 0.486. The second-order valence-electron chi connectivity index (χ2n) is 4.20. The van der Waals surface area contributed by atoms with Crippen molar-refractivity contribution in [3.8, 4) is 0 Å². The SMILES string of the molecule is CNc1cccc(C(=O)N(C)C(C)CCSC)n1. The number of hydrogen-bond acceptors (Lipinski definition) is 4. The Morgan fingerprint density at radius 1 is 1.56 bits per heavy atom. The summed E-state index contributed by atoms with van der Waals surface area (Å²) in [5.74, 6) is 1.75. The highest BCUT2D eigenvalue weighted by molar-refractivity contribution is 7.98. The predicted octanol–water partition coefficient (Wildman–Crippen LogP) is 2.34. The van der Waals surface area contributed by atoms with Gasteiger partial charge in [0.2, 0.25) is 0 Å². The van der Waals surface area contributed by atoms with Gasteiger partial charge < -0.3 is 10.2 Å². The Hall–Kier alpha value is -1.23. The van der Waals surface area contributed by atoms with Gasteiger partial charge in [-0.05, 0) is 37.5 Å². The van der Waals surface area contributed by atoms with E-state index in [2.05, 4.69) is 23.5 Å². The fraction of sp³-hybridized carbons (Fsp3) is 0.538. The van der Waals surface area contributed by atoms with Crippen molar-refractivity contribution in [2.45, 2.75) is 19.4 Å². The summed E-state index contributed by atoms with van der Waals surface area (Å²) >= 11 is 1.80. The van der Waals surface area contributed by atoms with E-state index < -0.39 is 0 Å². The first-order valence-electron chi connectivity index (χ1n) is 6.01. The quantitative estimate of drug-likeness (QED) is 0.859. The van der Waals surface area contributed by atoms with Crippen LogP contribution >= 0.6 is 11.8 Å². The third-order valence-corrected chi connectivity index (χ3v) is 3.59. The predicted molar refractivity (Wildman–Crippen MR) is 78.3 cm³/mol. The molecule has 0 bridgehead atoms. The molecule has 0 saturated carbocycles. The number of pyridine rings is 1. The van der Waals surface area contributed by atoms with Crippen LogP contribution in [-0.4, -0.2) is 47.9 Å². The fourth-order valence-corrected chi connectivity index (χ4v) is 2.13. The molecule has 0 aliphatic carbocycles. The first-order valence-corrected chi connectivity index (χ1v) is 7.40. The second kappa shape index (κ2) is 7.26. The summed E-state index contributed by atoms with van der Waals surface area (Å²) in [5, 5.41) is 2.94. The van der Waals surface area contributed by atoms with Gasteiger partial charge in [-0.2, -0.15) is 11.8 Å². The molecule has 1 aromatic rings. The molecule has 0 saturated heterocycles. The standard InChI is InChI=1S/C13H21N3OS/c1-10(8-9-18-4)16(3)13(17)11-6-5-7-12(14-2)15-11/h5-7,10H,8-9H2,1-4H3,(H,14,15). The fourth-order valence-electron chi connectivity index (χ4n) is 1.56. The number of nitrogens with one attached hydrogen (secondary N) is 1. The number of nitrogens with zero attached hydrogens (tertiary/aromatic N) is 2. The van der Waals surface area contributed by atoms with Crippen LogP contribution in [0.15, 0.2) is 18.2 Å². The van der Waals surface area contributed by atoms with E-state index in [1.54, 1.807) is 29.8 Å². The van der Waals surface area contributed by atoms with Crippen LogP contribution in [0.5, 0.6) is 0 Å². The van der Waals surface area contributed by atoms with Gasteiger partial charge in [0, 0.05) is 20.1 Å². The molecule has 1 aromatic heterocycles. The van der Waals surface area contributed by atoms with Crippen molar-refractivity contribution in [1.82, 2.24) is 9.88 Å². The summed E-state index contributed by atoms with van der Waals surface area (Å²) < 4.78 is 0. The molecule has 1 heterocycles. The lowest BCUT2D eigenvalue weighted by Gasteiger charge is -2.24. The number of rotatable bonds is 6. The molecule has 0 spiro atoms. The van der Waals surface area contributed by atoms with Gasteiger partial charge in [-0.1, -0.05) is 6.07 Å². The van der Waals surface area contributed by atoms with E-state index in [1.165, 1.54) is 0 Å². The van der Waals surface area contributed by atoms with Gasteiger partial charge in [0.1, 0.15) is 11.5 Å². The van der Waals surface area contributed by atoms with Crippen molar-refractivity contribution < 1.29 is 4.79 Å². The van der Waals surface area contributed by atoms with Gasteiger partial charge >= 0.3 is 0 Å². The molecule has 0 aliphatic heterocycles. The Kier molecular flexibility index (Phi) is 5.98. The van der Waals surface area contributed by atoms with E-state index in [9.17, 15) is 4.79 Å². The number of carbonyl (C=O) groups excluding carboxylic acids is 1. The molecule has 18 heavy (non-hydrogen) atoms. The molecule has 0 fully saturated rings. The Morgan fingerprint density at radius 3 is 2.89 bits per heavy atom. The van der Waals surface area contributed by atoms with Crippen molar-refractivity contribution in [3.05, 3.63) is 23.9 Å². The van der Waals surface area contributed by atoms with E-state index in [1.807, 2.05) is 19.2 Å². The molecular weight excluding hydrogens is 246 g/mol. The molecular formula is C13H21N3OS. The normalized spacial score (nSPS) is 12.0. The van der Waals surface area contributed by atoms with Crippen molar-refractivity contribution in [2.75, 3.05) is 31.4 Å².